The highest BCUT2D eigenvalue weighted by atomic mass is 32.1. The molecule has 0 unspecified atom stereocenters. The van der Waals surface area contributed by atoms with Crippen LogP contribution >= 0.6 is 11.3 Å². The summed E-state index contributed by atoms with van der Waals surface area (Å²) in [6.07, 6.45) is 5.90. The first-order valence-electron chi connectivity index (χ1n) is 5.09. The van der Waals surface area contributed by atoms with Gasteiger partial charge >= 0.3 is 0 Å². The van der Waals surface area contributed by atoms with Gasteiger partial charge in [0.05, 0.1) is 12.8 Å². The Labute approximate surface area is 93.2 Å². The minimum absolute atomic E-state index is 0.700. The molecule has 2 rings (SSSR count). The number of hydrogen-bond acceptors (Lipinski definition) is 4. The number of nitrogens with zero attached hydrogens (tertiary/aromatic N) is 1. The zero-order chi connectivity index (χ0) is 10.5. The van der Waals surface area contributed by atoms with Crippen molar-refractivity contribution < 1.29 is 4.42 Å². The summed E-state index contributed by atoms with van der Waals surface area (Å²) in [7, 11) is 0. The molecular weight excluding hydrogens is 208 g/mol. The van der Waals surface area contributed by atoms with E-state index in [9.17, 15) is 0 Å². The minimum atomic E-state index is 0.700. The van der Waals surface area contributed by atoms with E-state index in [1.807, 2.05) is 18.3 Å². The molecule has 0 saturated carbocycles. The smallest absolute Gasteiger partial charge is 0.183 e. The van der Waals surface area contributed by atoms with Crippen molar-refractivity contribution in [3.8, 4) is 0 Å². The topological polar surface area (TPSA) is 38.1 Å². The lowest BCUT2D eigenvalue weighted by molar-refractivity contribution is 0.518. The van der Waals surface area contributed by atoms with Gasteiger partial charge in [-0.25, -0.2) is 4.98 Å². The van der Waals surface area contributed by atoms with Crippen molar-refractivity contribution >= 4 is 16.5 Å². The Morgan fingerprint density at radius 1 is 1.53 bits per heavy atom. The minimum Gasteiger partial charge on any atom is -0.467 e. The summed E-state index contributed by atoms with van der Waals surface area (Å²) in [6.45, 7) is 2.88. The average Bonchev–Trinajstić information content (AvgIpc) is 2.85. The van der Waals surface area contributed by atoms with Crippen molar-refractivity contribution in [1.82, 2.24) is 4.98 Å². The highest BCUT2D eigenvalue weighted by Crippen LogP contribution is 2.19. The van der Waals surface area contributed by atoms with Gasteiger partial charge in [0, 0.05) is 11.1 Å². The third-order valence-corrected chi connectivity index (χ3v) is 3.06. The summed E-state index contributed by atoms with van der Waals surface area (Å²) in [6, 6.07) is 3.84. The predicted octanol–water partition coefficient (Wildman–Crippen LogP) is 3.30. The van der Waals surface area contributed by atoms with E-state index >= 15 is 0 Å². The van der Waals surface area contributed by atoms with E-state index in [4.69, 9.17) is 4.42 Å². The van der Waals surface area contributed by atoms with Gasteiger partial charge in [-0.05, 0) is 18.6 Å². The largest absolute Gasteiger partial charge is 0.467 e. The Morgan fingerprint density at radius 3 is 3.20 bits per heavy atom. The molecule has 80 valence electrons. The summed E-state index contributed by atoms with van der Waals surface area (Å²) in [5.41, 5.74) is 0. The molecule has 1 N–H and O–H groups in total. The van der Waals surface area contributed by atoms with Crippen LogP contribution in [0.1, 0.15) is 24.0 Å². The van der Waals surface area contributed by atoms with Crippen LogP contribution in [0.15, 0.2) is 29.0 Å². The van der Waals surface area contributed by atoms with Gasteiger partial charge < -0.3 is 9.73 Å². The van der Waals surface area contributed by atoms with Gasteiger partial charge in [0.25, 0.3) is 0 Å². The number of thiazole rings is 1. The van der Waals surface area contributed by atoms with Gasteiger partial charge in [-0.1, -0.05) is 13.3 Å². The molecule has 0 aromatic carbocycles. The molecule has 4 heteroatoms. The molecule has 2 aromatic rings. The van der Waals surface area contributed by atoms with Crippen LogP contribution < -0.4 is 5.32 Å². The fourth-order valence-corrected chi connectivity index (χ4v) is 2.24. The molecule has 0 aliphatic heterocycles. The van der Waals surface area contributed by atoms with E-state index in [1.54, 1.807) is 17.6 Å². The monoisotopic (exact) mass is 222 g/mol. The van der Waals surface area contributed by atoms with E-state index in [0.717, 1.165) is 17.3 Å². The van der Waals surface area contributed by atoms with E-state index in [-0.39, 0.29) is 0 Å². The molecule has 0 amide bonds. The third-order valence-electron chi connectivity index (χ3n) is 2.04. The first-order chi connectivity index (χ1) is 7.38. The fraction of sp³-hybridized carbons (Fsp3) is 0.364. The number of hydrogen-bond donors (Lipinski definition) is 1. The maximum Gasteiger partial charge on any atom is 0.183 e. The fourth-order valence-electron chi connectivity index (χ4n) is 1.33. The zero-order valence-corrected chi connectivity index (χ0v) is 9.51. The Balaban J connectivity index is 1.88. The maximum atomic E-state index is 5.22. The molecular formula is C11H14N2OS. The standard InChI is InChI=1S/C11H14N2OS/c1-2-4-10-8-13-11(15-10)12-7-9-5-3-6-14-9/h3,5-6,8H,2,4,7H2,1H3,(H,12,13). The molecule has 0 atom stereocenters. The van der Waals surface area contributed by atoms with E-state index < -0.39 is 0 Å². The van der Waals surface area contributed by atoms with Crippen LogP contribution in [0.2, 0.25) is 0 Å². The van der Waals surface area contributed by atoms with Crippen molar-refractivity contribution in [1.29, 1.82) is 0 Å². The molecule has 0 aliphatic rings. The molecule has 15 heavy (non-hydrogen) atoms. The summed E-state index contributed by atoms with van der Waals surface area (Å²) in [4.78, 5) is 5.63. The van der Waals surface area contributed by atoms with Crippen LogP contribution in [0, 0.1) is 0 Å². The second-order valence-electron chi connectivity index (χ2n) is 3.31. The van der Waals surface area contributed by atoms with Gasteiger partial charge in [-0.3, -0.25) is 0 Å². The number of furan rings is 1. The van der Waals surface area contributed by atoms with Crippen LogP contribution in [-0.4, -0.2) is 4.98 Å². The lowest BCUT2D eigenvalue weighted by atomic mass is 10.3. The third kappa shape index (κ3) is 2.83. The lowest BCUT2D eigenvalue weighted by Crippen LogP contribution is -1.96. The Hall–Kier alpha value is -1.29. The first kappa shape index (κ1) is 10.2. The van der Waals surface area contributed by atoms with Crippen molar-refractivity contribution in [2.45, 2.75) is 26.3 Å². The van der Waals surface area contributed by atoms with Crippen LogP contribution in [0.5, 0.6) is 0 Å². The number of aromatic nitrogens is 1. The molecule has 3 nitrogen and oxygen atoms in total. The van der Waals surface area contributed by atoms with E-state index in [1.165, 1.54) is 11.3 Å². The Morgan fingerprint density at radius 2 is 2.47 bits per heavy atom. The van der Waals surface area contributed by atoms with E-state index in [2.05, 4.69) is 17.2 Å². The molecule has 0 bridgehead atoms. The van der Waals surface area contributed by atoms with Crippen molar-refractivity contribution in [2.24, 2.45) is 0 Å². The van der Waals surface area contributed by atoms with Gasteiger partial charge in [0.15, 0.2) is 5.13 Å². The lowest BCUT2D eigenvalue weighted by Gasteiger charge is -1.97. The highest BCUT2D eigenvalue weighted by Gasteiger charge is 2.01. The molecule has 0 spiro atoms. The summed E-state index contributed by atoms with van der Waals surface area (Å²) < 4.78 is 5.22. The summed E-state index contributed by atoms with van der Waals surface area (Å²) in [5, 5.41) is 4.21. The van der Waals surface area contributed by atoms with Gasteiger partial charge in [0.1, 0.15) is 5.76 Å². The number of aryl methyl sites for hydroxylation is 1. The SMILES string of the molecule is CCCc1cnc(NCc2ccco2)s1. The molecule has 0 fully saturated rings. The molecule has 0 saturated heterocycles. The van der Waals surface area contributed by atoms with Crippen molar-refractivity contribution in [3.05, 3.63) is 35.2 Å². The Kier molecular flexibility index (Phi) is 3.40. The van der Waals surface area contributed by atoms with Crippen LogP contribution in [-0.2, 0) is 13.0 Å². The normalized spacial score (nSPS) is 10.5. The van der Waals surface area contributed by atoms with Crippen LogP contribution in [0.3, 0.4) is 0 Å². The molecule has 2 aromatic heterocycles. The van der Waals surface area contributed by atoms with Gasteiger partial charge in [0.2, 0.25) is 0 Å². The van der Waals surface area contributed by atoms with Gasteiger partial charge in [-0.15, -0.1) is 11.3 Å². The molecule has 0 aliphatic carbocycles. The predicted molar refractivity (Wildman–Crippen MR) is 62.1 cm³/mol. The average molecular weight is 222 g/mol. The van der Waals surface area contributed by atoms with Crippen molar-refractivity contribution in [3.63, 3.8) is 0 Å². The molecule has 2 heterocycles. The van der Waals surface area contributed by atoms with Crippen molar-refractivity contribution in [2.75, 3.05) is 5.32 Å². The van der Waals surface area contributed by atoms with Crippen LogP contribution in [0.4, 0.5) is 5.13 Å². The van der Waals surface area contributed by atoms with E-state index in [0.29, 0.717) is 6.54 Å². The first-order valence-corrected chi connectivity index (χ1v) is 5.91. The number of nitrogens with one attached hydrogen (secondary N) is 1. The summed E-state index contributed by atoms with van der Waals surface area (Å²) in [5.74, 6) is 0.933. The quantitative estimate of drug-likeness (QED) is 0.843. The van der Waals surface area contributed by atoms with Crippen LogP contribution in [0.25, 0.3) is 0 Å². The second-order valence-corrected chi connectivity index (χ2v) is 4.43. The summed E-state index contributed by atoms with van der Waals surface area (Å²) >= 11 is 1.72. The maximum absolute atomic E-state index is 5.22. The highest BCUT2D eigenvalue weighted by molar-refractivity contribution is 7.15. The number of anilines is 1. The molecule has 0 radical (unpaired) electrons. The Bertz CT molecular complexity index is 394. The second kappa shape index (κ2) is 4.98. The van der Waals surface area contributed by atoms with Gasteiger partial charge in [-0.2, -0.15) is 0 Å². The zero-order valence-electron chi connectivity index (χ0n) is 8.69. The number of rotatable bonds is 5.